The summed E-state index contributed by atoms with van der Waals surface area (Å²) in [5.41, 5.74) is 1.59. The molecule has 4 unspecified atom stereocenters. The van der Waals surface area contributed by atoms with Crippen molar-refractivity contribution in [2.75, 3.05) is 44.7 Å². The predicted octanol–water partition coefficient (Wildman–Crippen LogP) is 5.87. The number of benzene rings is 2. The van der Waals surface area contributed by atoms with Crippen molar-refractivity contribution >= 4 is 42.8 Å². The van der Waals surface area contributed by atoms with Crippen molar-refractivity contribution in [2.45, 2.75) is 113 Å². The minimum absolute atomic E-state index is 0.0463. The maximum Gasteiger partial charge on any atom is 0.407 e. The predicted molar refractivity (Wildman–Crippen MR) is 206 cm³/mol. The minimum Gasteiger partial charge on any atom is -0.465 e. The Morgan fingerprint density at radius 1 is 1.00 bits per heavy atom. The van der Waals surface area contributed by atoms with E-state index >= 15 is 0 Å². The fourth-order valence-corrected chi connectivity index (χ4v) is 11.6. The molecule has 1 aliphatic carbocycles. The lowest BCUT2D eigenvalue weighted by molar-refractivity contribution is -0.172. The van der Waals surface area contributed by atoms with Crippen LogP contribution in [0.25, 0.3) is 10.2 Å². The molecule has 3 N–H and O–H groups in total. The number of hydrogen-bond acceptors (Lipinski definition) is 10. The smallest absolute Gasteiger partial charge is 0.407 e. The summed E-state index contributed by atoms with van der Waals surface area (Å²) in [5.74, 6) is -0.217. The normalized spacial score (nSPS) is 24.5. The van der Waals surface area contributed by atoms with E-state index in [1.165, 1.54) is 46.2 Å². The van der Waals surface area contributed by atoms with E-state index in [2.05, 4.69) is 10.2 Å². The van der Waals surface area contributed by atoms with Gasteiger partial charge in [0.25, 0.3) is 0 Å². The number of sulfonamides is 1. The second kappa shape index (κ2) is 16.9. The van der Waals surface area contributed by atoms with E-state index in [1.54, 1.807) is 18.2 Å². The molecule has 0 spiro atoms. The van der Waals surface area contributed by atoms with Crippen LogP contribution in [0.15, 0.2) is 53.4 Å². The molecule has 5 atom stereocenters. The Morgan fingerprint density at radius 3 is 2.42 bits per heavy atom. The first-order valence-corrected chi connectivity index (χ1v) is 21.7. The molecule has 1 aromatic heterocycles. The number of aliphatic hydroxyl groups is 1. The zero-order valence-electron chi connectivity index (χ0n) is 30.9. The molecule has 290 valence electrons. The molecular formula is C39H55N5O7S2. The number of nitrogens with one attached hydrogen (secondary N) is 1. The lowest BCUT2D eigenvalue weighted by Gasteiger charge is -2.44. The Balaban J connectivity index is 1.10. The number of hydrogen-bond donors (Lipinski definition) is 3. The van der Waals surface area contributed by atoms with Crippen molar-refractivity contribution in [3.8, 4) is 0 Å². The number of rotatable bonds is 14. The largest absolute Gasteiger partial charge is 0.465 e. The van der Waals surface area contributed by atoms with Gasteiger partial charge in [0.2, 0.25) is 10.0 Å². The Labute approximate surface area is 317 Å². The summed E-state index contributed by atoms with van der Waals surface area (Å²) >= 11 is 1.46. The number of carbonyl (C=O) groups is 1. The van der Waals surface area contributed by atoms with Crippen molar-refractivity contribution in [3.05, 3.63) is 54.1 Å². The van der Waals surface area contributed by atoms with Gasteiger partial charge in [-0.2, -0.15) is 4.31 Å². The van der Waals surface area contributed by atoms with Gasteiger partial charge in [0.05, 0.1) is 40.5 Å². The van der Waals surface area contributed by atoms with Crippen molar-refractivity contribution in [3.63, 3.8) is 0 Å². The van der Waals surface area contributed by atoms with Crippen LogP contribution in [0, 0.1) is 11.8 Å². The standard InChI is InChI=1S/C39H55N5O7S2/c1-26(2)24-43(25-35(45)34(22-27-8-4-3-5-9-27)44(39(46)47)33-17-21-51-37-31(33)16-20-50-37)53(48,49)30-12-13-32-36(23-30)52-38(41-32)40-28-14-18-42(19-15-28)29-10-6-7-11-29/h3-5,8-9,12-13,23,26,28-29,31,33-35,37,45H,6-7,10-11,14-22,24-25H2,1-2H3,(H,40,41)(H,46,47)/t31?,33?,34?,35-,37?/m1/s1. The van der Waals surface area contributed by atoms with Crippen LogP contribution in [0.2, 0.25) is 0 Å². The zero-order valence-corrected chi connectivity index (χ0v) is 32.5. The number of thiazole rings is 1. The number of anilines is 1. The quantitative estimate of drug-likeness (QED) is 0.182. The number of fused-ring (bicyclic) bond motifs is 2. The van der Waals surface area contributed by atoms with Crippen LogP contribution in [0.3, 0.4) is 0 Å². The summed E-state index contributed by atoms with van der Waals surface area (Å²) in [7, 11) is -4.09. The molecule has 7 rings (SSSR count). The third kappa shape index (κ3) is 8.84. The fourth-order valence-electron chi connectivity index (χ4n) is 8.93. The van der Waals surface area contributed by atoms with Crippen LogP contribution < -0.4 is 5.32 Å². The van der Waals surface area contributed by atoms with Crippen molar-refractivity contribution in [1.82, 2.24) is 19.1 Å². The number of nitrogens with zero attached hydrogens (tertiary/aromatic N) is 4. The number of amides is 1. The van der Waals surface area contributed by atoms with E-state index in [0.29, 0.717) is 32.1 Å². The zero-order chi connectivity index (χ0) is 37.1. The van der Waals surface area contributed by atoms with E-state index in [0.717, 1.165) is 52.9 Å². The number of carboxylic acid groups (broad SMARTS) is 1. The second-order valence-electron chi connectivity index (χ2n) is 15.7. The number of aromatic nitrogens is 1. The topological polar surface area (TPSA) is 145 Å². The first-order valence-electron chi connectivity index (χ1n) is 19.4. The van der Waals surface area contributed by atoms with Gasteiger partial charge in [-0.15, -0.1) is 0 Å². The monoisotopic (exact) mass is 769 g/mol. The average Bonchev–Trinajstić information content (AvgIpc) is 3.93. The van der Waals surface area contributed by atoms with Crippen molar-refractivity contribution < 1.29 is 32.9 Å². The number of likely N-dealkylation sites (tertiary alicyclic amines) is 1. The molecule has 12 nitrogen and oxygen atoms in total. The van der Waals surface area contributed by atoms with Gasteiger partial charge in [-0.3, -0.25) is 4.90 Å². The Kier molecular flexibility index (Phi) is 12.2. The highest BCUT2D eigenvalue weighted by molar-refractivity contribution is 7.89. The van der Waals surface area contributed by atoms with E-state index < -0.39 is 40.6 Å². The SMILES string of the molecule is CC(C)CN(C[C@@H](O)C(Cc1ccccc1)N(C(=O)O)C1CCOC2OCCC21)S(=O)(=O)c1ccc2nc(NC3CCN(C4CCCC4)CC3)sc2c1. The Morgan fingerprint density at radius 2 is 1.72 bits per heavy atom. The molecule has 4 heterocycles. The number of aliphatic hydroxyl groups excluding tert-OH is 1. The van der Waals surface area contributed by atoms with Crippen LogP contribution in [-0.4, -0.2) is 120 Å². The maximum absolute atomic E-state index is 14.5. The van der Waals surface area contributed by atoms with Crippen molar-refractivity contribution in [1.29, 1.82) is 0 Å². The van der Waals surface area contributed by atoms with Gasteiger partial charge in [0, 0.05) is 50.2 Å². The lowest BCUT2D eigenvalue weighted by atomic mass is 9.88. The van der Waals surface area contributed by atoms with Gasteiger partial charge >= 0.3 is 6.09 Å². The van der Waals surface area contributed by atoms with Gasteiger partial charge < -0.3 is 29.9 Å². The van der Waals surface area contributed by atoms with Crippen LogP contribution in [0.4, 0.5) is 9.93 Å². The van der Waals surface area contributed by atoms with Gasteiger partial charge in [-0.1, -0.05) is 68.4 Å². The molecule has 53 heavy (non-hydrogen) atoms. The summed E-state index contributed by atoms with van der Waals surface area (Å²) < 4.78 is 42.6. The van der Waals surface area contributed by atoms with Crippen LogP contribution in [0.5, 0.6) is 0 Å². The summed E-state index contributed by atoms with van der Waals surface area (Å²) in [6, 6.07) is 14.2. The highest BCUT2D eigenvalue weighted by Gasteiger charge is 2.47. The van der Waals surface area contributed by atoms with Gasteiger partial charge in [0.1, 0.15) is 0 Å². The second-order valence-corrected chi connectivity index (χ2v) is 18.7. The molecule has 3 saturated heterocycles. The van der Waals surface area contributed by atoms with Crippen LogP contribution in [-0.2, 0) is 25.9 Å². The van der Waals surface area contributed by atoms with E-state index in [9.17, 15) is 23.4 Å². The third-order valence-corrected chi connectivity index (χ3v) is 14.4. The van der Waals surface area contributed by atoms with Gasteiger partial charge in [-0.25, -0.2) is 18.2 Å². The highest BCUT2D eigenvalue weighted by atomic mass is 32.2. The lowest BCUT2D eigenvalue weighted by Crippen LogP contribution is -2.59. The minimum atomic E-state index is -4.09. The van der Waals surface area contributed by atoms with Crippen molar-refractivity contribution in [2.24, 2.45) is 11.8 Å². The Bertz CT molecular complexity index is 1780. The fraction of sp³-hybridized carbons (Fsp3) is 0.641. The first kappa shape index (κ1) is 38.4. The molecule has 1 amide bonds. The Hall–Kier alpha value is -2.85. The number of ether oxygens (including phenoxy) is 2. The van der Waals surface area contributed by atoms with Gasteiger partial charge in [-0.05, 0) is 74.6 Å². The van der Waals surface area contributed by atoms with Gasteiger partial charge in [0.15, 0.2) is 11.4 Å². The highest BCUT2D eigenvalue weighted by Crippen LogP contribution is 2.37. The number of piperidine rings is 1. The molecule has 1 saturated carbocycles. The molecule has 0 radical (unpaired) electrons. The molecule has 3 aromatic rings. The molecule has 3 aliphatic heterocycles. The van der Waals surface area contributed by atoms with E-state index in [4.69, 9.17) is 14.5 Å². The van der Waals surface area contributed by atoms with Crippen LogP contribution in [0.1, 0.15) is 70.8 Å². The molecular weight excluding hydrogens is 715 g/mol. The summed E-state index contributed by atoms with van der Waals surface area (Å²) in [6.07, 6.45) is 5.82. The maximum atomic E-state index is 14.5. The average molecular weight is 770 g/mol. The van der Waals surface area contributed by atoms with E-state index in [1.807, 2.05) is 44.2 Å². The molecule has 2 aromatic carbocycles. The molecule has 14 heteroatoms. The van der Waals surface area contributed by atoms with E-state index in [-0.39, 0.29) is 36.2 Å². The first-order chi connectivity index (χ1) is 25.6. The summed E-state index contributed by atoms with van der Waals surface area (Å²) in [4.78, 5) is 22.1. The molecule has 0 bridgehead atoms. The molecule has 4 fully saturated rings. The summed E-state index contributed by atoms with van der Waals surface area (Å²) in [6.45, 7) is 6.77. The van der Waals surface area contributed by atoms with Crippen LogP contribution >= 0.6 is 11.3 Å². The summed E-state index contributed by atoms with van der Waals surface area (Å²) in [5, 5.41) is 27.2. The third-order valence-electron chi connectivity index (χ3n) is 11.6. The molecule has 4 aliphatic rings.